The van der Waals surface area contributed by atoms with Gasteiger partial charge in [0.25, 0.3) is 0 Å². The molecule has 0 atom stereocenters. The molecule has 2 rings (SSSR count). The summed E-state index contributed by atoms with van der Waals surface area (Å²) in [4.78, 5) is 12.3. The van der Waals surface area contributed by atoms with E-state index in [1.54, 1.807) is 12.1 Å². The molecule has 0 aliphatic heterocycles. The van der Waals surface area contributed by atoms with Crippen molar-refractivity contribution < 1.29 is 23.7 Å². The molecule has 0 saturated carbocycles. The zero-order chi connectivity index (χ0) is 21.8. The van der Waals surface area contributed by atoms with Gasteiger partial charge in [0.15, 0.2) is 0 Å². The van der Waals surface area contributed by atoms with Gasteiger partial charge < -0.3 is 18.9 Å². The second-order valence-electron chi connectivity index (χ2n) is 7.38. The third kappa shape index (κ3) is 8.17. The lowest BCUT2D eigenvalue weighted by atomic mass is 10.1. The van der Waals surface area contributed by atoms with Crippen LogP contribution >= 0.6 is 0 Å². The second kappa shape index (κ2) is 13.0. The fourth-order valence-electron chi connectivity index (χ4n) is 3.04. The molecule has 0 amide bonds. The fraction of sp³-hybridized carbons (Fsp3) is 0.480. The van der Waals surface area contributed by atoms with E-state index in [-0.39, 0.29) is 0 Å². The van der Waals surface area contributed by atoms with E-state index in [1.807, 2.05) is 38.1 Å². The molecule has 0 aliphatic rings. The van der Waals surface area contributed by atoms with Crippen LogP contribution in [0.15, 0.2) is 36.4 Å². The predicted molar refractivity (Wildman–Crippen MR) is 119 cm³/mol. The van der Waals surface area contributed by atoms with Crippen LogP contribution < -0.4 is 9.47 Å². The lowest BCUT2D eigenvalue weighted by Crippen LogP contribution is -2.15. The van der Waals surface area contributed by atoms with Gasteiger partial charge in [-0.3, -0.25) is 0 Å². The largest absolute Gasteiger partial charge is 0.519 e. The Morgan fingerprint density at radius 3 is 1.50 bits per heavy atom. The summed E-state index contributed by atoms with van der Waals surface area (Å²) in [6.07, 6.45) is 2.97. The summed E-state index contributed by atoms with van der Waals surface area (Å²) in [7, 11) is 0. The Hall–Kier alpha value is -2.37. The summed E-state index contributed by atoms with van der Waals surface area (Å²) in [5, 5.41) is 0. The Bertz CT molecular complexity index is 735. The van der Waals surface area contributed by atoms with E-state index < -0.39 is 6.16 Å². The molecular weight excluding hydrogens is 380 g/mol. The third-order valence-corrected chi connectivity index (χ3v) is 4.63. The Balaban J connectivity index is 1.87. The third-order valence-electron chi connectivity index (χ3n) is 4.63. The van der Waals surface area contributed by atoms with Crippen LogP contribution in [0.4, 0.5) is 4.79 Å². The molecule has 2 aromatic rings. The Kier molecular flexibility index (Phi) is 10.4. The van der Waals surface area contributed by atoms with Crippen molar-refractivity contribution in [2.75, 3.05) is 26.4 Å². The Labute approximate surface area is 180 Å². The first-order chi connectivity index (χ1) is 14.5. The van der Waals surface area contributed by atoms with Gasteiger partial charge in [-0.15, -0.1) is 0 Å². The maximum atomic E-state index is 12.3. The predicted octanol–water partition coefficient (Wildman–Crippen LogP) is 5.82. The molecule has 5 heteroatoms. The maximum absolute atomic E-state index is 12.3. The molecule has 0 radical (unpaired) electrons. The molecule has 0 fully saturated rings. The molecule has 0 unspecified atom stereocenters. The van der Waals surface area contributed by atoms with Crippen LogP contribution in [0, 0.1) is 13.8 Å². The van der Waals surface area contributed by atoms with Gasteiger partial charge in [-0.05, 0) is 73.9 Å². The summed E-state index contributed by atoms with van der Waals surface area (Å²) in [6, 6.07) is 11.5. The van der Waals surface area contributed by atoms with Gasteiger partial charge in [0.05, 0.1) is 13.2 Å². The number of carbonyl (C=O) groups excluding carboxylic acids is 1. The van der Waals surface area contributed by atoms with E-state index in [0.717, 1.165) is 61.2 Å². The highest BCUT2D eigenvalue weighted by atomic mass is 16.7. The number of benzene rings is 2. The quantitative estimate of drug-likeness (QED) is 0.249. The van der Waals surface area contributed by atoms with Crippen LogP contribution in [0.5, 0.6) is 11.5 Å². The van der Waals surface area contributed by atoms with Gasteiger partial charge in [0.2, 0.25) is 0 Å². The zero-order valence-electron chi connectivity index (χ0n) is 18.7. The zero-order valence-corrected chi connectivity index (χ0v) is 18.7. The first kappa shape index (κ1) is 23.9. The highest BCUT2D eigenvalue weighted by Gasteiger charge is 2.12. The molecule has 164 valence electrons. The number of carbonyl (C=O) groups is 1. The van der Waals surface area contributed by atoms with Crippen LogP contribution in [0.3, 0.4) is 0 Å². The van der Waals surface area contributed by atoms with Gasteiger partial charge in [-0.2, -0.15) is 0 Å². The molecular formula is C25H34O5. The Morgan fingerprint density at radius 2 is 1.13 bits per heavy atom. The molecule has 0 N–H and O–H groups in total. The van der Waals surface area contributed by atoms with Crippen LogP contribution in [0.25, 0.3) is 0 Å². The van der Waals surface area contributed by atoms with Crippen molar-refractivity contribution in [2.45, 2.75) is 53.4 Å². The van der Waals surface area contributed by atoms with E-state index in [4.69, 9.17) is 18.9 Å². The summed E-state index contributed by atoms with van der Waals surface area (Å²) in [5.74, 6) is 1.00. The number of hydrogen-bond acceptors (Lipinski definition) is 5. The van der Waals surface area contributed by atoms with Gasteiger partial charge in [-0.1, -0.05) is 38.1 Å². The van der Waals surface area contributed by atoms with Crippen molar-refractivity contribution >= 4 is 6.16 Å². The van der Waals surface area contributed by atoms with Gasteiger partial charge in [0, 0.05) is 13.2 Å². The SMILES string of the molecule is CCCOCCc1ccc(OC(=O)Oc2ccc(CCOCCC)cc2C)c(C)c1. The number of hydrogen-bond donors (Lipinski definition) is 0. The number of aryl methyl sites for hydroxylation is 2. The van der Waals surface area contributed by atoms with Crippen molar-refractivity contribution in [1.29, 1.82) is 0 Å². The van der Waals surface area contributed by atoms with Crippen LogP contribution in [-0.4, -0.2) is 32.6 Å². The Morgan fingerprint density at radius 1 is 0.700 bits per heavy atom. The minimum absolute atomic E-state index is 0.501. The molecule has 0 heterocycles. The number of rotatable bonds is 12. The van der Waals surface area contributed by atoms with Crippen molar-refractivity contribution in [2.24, 2.45) is 0 Å². The molecule has 0 aliphatic carbocycles. The molecule has 0 saturated heterocycles. The van der Waals surface area contributed by atoms with Crippen LogP contribution in [-0.2, 0) is 22.3 Å². The molecule has 5 nitrogen and oxygen atoms in total. The smallest absolute Gasteiger partial charge is 0.394 e. The molecule has 0 aromatic heterocycles. The minimum Gasteiger partial charge on any atom is -0.394 e. The summed E-state index contributed by atoms with van der Waals surface area (Å²) in [6.45, 7) is 11.0. The standard InChI is InChI=1S/C25H34O5/c1-5-13-27-15-11-21-7-9-23(19(3)17-21)29-25(26)30-24-10-8-22(18-20(24)4)12-16-28-14-6-2/h7-10,17-18H,5-6,11-16H2,1-4H3. The van der Waals surface area contributed by atoms with Crippen LogP contribution in [0.2, 0.25) is 0 Å². The maximum Gasteiger partial charge on any atom is 0.519 e. The summed E-state index contributed by atoms with van der Waals surface area (Å²) in [5.41, 5.74) is 4.08. The van der Waals surface area contributed by atoms with Crippen molar-refractivity contribution in [3.05, 3.63) is 58.7 Å². The van der Waals surface area contributed by atoms with Crippen molar-refractivity contribution in [1.82, 2.24) is 0 Å². The average molecular weight is 415 g/mol. The first-order valence-electron chi connectivity index (χ1n) is 10.8. The summed E-state index contributed by atoms with van der Waals surface area (Å²) >= 11 is 0. The molecule has 0 spiro atoms. The van der Waals surface area contributed by atoms with Gasteiger partial charge in [0.1, 0.15) is 11.5 Å². The fourth-order valence-corrected chi connectivity index (χ4v) is 3.04. The normalized spacial score (nSPS) is 10.8. The highest BCUT2D eigenvalue weighted by molar-refractivity contribution is 5.68. The van der Waals surface area contributed by atoms with E-state index in [1.165, 1.54) is 0 Å². The van der Waals surface area contributed by atoms with E-state index in [2.05, 4.69) is 13.8 Å². The van der Waals surface area contributed by atoms with Gasteiger partial charge >= 0.3 is 6.16 Å². The second-order valence-corrected chi connectivity index (χ2v) is 7.38. The molecule has 30 heavy (non-hydrogen) atoms. The number of ether oxygens (including phenoxy) is 4. The first-order valence-corrected chi connectivity index (χ1v) is 10.8. The average Bonchev–Trinajstić information content (AvgIpc) is 2.72. The van der Waals surface area contributed by atoms with E-state index in [0.29, 0.717) is 24.7 Å². The molecule has 0 bridgehead atoms. The van der Waals surface area contributed by atoms with Crippen molar-refractivity contribution in [3.8, 4) is 11.5 Å². The van der Waals surface area contributed by atoms with Gasteiger partial charge in [-0.25, -0.2) is 4.79 Å². The highest BCUT2D eigenvalue weighted by Crippen LogP contribution is 2.23. The monoisotopic (exact) mass is 414 g/mol. The van der Waals surface area contributed by atoms with Crippen molar-refractivity contribution in [3.63, 3.8) is 0 Å². The van der Waals surface area contributed by atoms with E-state index in [9.17, 15) is 4.79 Å². The van der Waals surface area contributed by atoms with Crippen LogP contribution in [0.1, 0.15) is 48.9 Å². The topological polar surface area (TPSA) is 54.0 Å². The summed E-state index contributed by atoms with van der Waals surface area (Å²) < 4.78 is 21.9. The lowest BCUT2D eigenvalue weighted by Gasteiger charge is -2.12. The minimum atomic E-state index is -0.737. The molecule has 2 aromatic carbocycles. The lowest BCUT2D eigenvalue weighted by molar-refractivity contribution is 0.138. The van der Waals surface area contributed by atoms with E-state index >= 15 is 0 Å².